The first-order valence-electron chi connectivity index (χ1n) is 5.08. The minimum atomic E-state index is 0.464. The van der Waals surface area contributed by atoms with Gasteiger partial charge in [-0.25, -0.2) is 0 Å². The third kappa shape index (κ3) is 1.88. The van der Waals surface area contributed by atoms with Gasteiger partial charge in [0.2, 0.25) is 0 Å². The summed E-state index contributed by atoms with van der Waals surface area (Å²) < 4.78 is 10.3. The molecular weight excluding hydrogens is 206 g/mol. The number of aryl methyl sites for hydroxylation is 2. The fourth-order valence-corrected chi connectivity index (χ4v) is 1.45. The van der Waals surface area contributed by atoms with Gasteiger partial charge >= 0.3 is 0 Å². The topological polar surface area (TPSA) is 61.0 Å². The summed E-state index contributed by atoms with van der Waals surface area (Å²) in [5, 5.41) is 3.74. The van der Waals surface area contributed by atoms with Crippen LogP contribution in [0, 0.1) is 6.92 Å². The number of hydrogen-bond donors (Lipinski definition) is 0. The van der Waals surface area contributed by atoms with E-state index in [1.165, 1.54) is 0 Å². The number of nitrogens with zero attached hydrogens (tertiary/aromatic N) is 3. The van der Waals surface area contributed by atoms with Gasteiger partial charge in [0.1, 0.15) is 5.75 Å². The molecule has 0 saturated heterocycles. The van der Waals surface area contributed by atoms with Gasteiger partial charge < -0.3 is 9.26 Å². The lowest BCUT2D eigenvalue weighted by molar-refractivity contribution is 0.405. The van der Waals surface area contributed by atoms with Crippen molar-refractivity contribution in [1.29, 1.82) is 0 Å². The van der Waals surface area contributed by atoms with Gasteiger partial charge in [0.05, 0.1) is 18.4 Å². The van der Waals surface area contributed by atoms with Crippen LogP contribution in [0.25, 0.3) is 11.5 Å². The summed E-state index contributed by atoms with van der Waals surface area (Å²) in [6.07, 6.45) is 2.54. The zero-order chi connectivity index (χ0) is 11.5. The average molecular weight is 219 g/mol. The summed E-state index contributed by atoms with van der Waals surface area (Å²) >= 11 is 0. The van der Waals surface area contributed by atoms with Crippen molar-refractivity contribution in [1.82, 2.24) is 15.1 Å². The van der Waals surface area contributed by atoms with E-state index < -0.39 is 0 Å². The second-order valence-electron chi connectivity index (χ2n) is 3.37. The Balaban J connectivity index is 2.43. The molecule has 2 aromatic rings. The van der Waals surface area contributed by atoms with Crippen LogP contribution in [0.2, 0.25) is 0 Å². The summed E-state index contributed by atoms with van der Waals surface area (Å²) in [7, 11) is 1.62. The molecule has 0 aliphatic carbocycles. The van der Waals surface area contributed by atoms with Crippen LogP contribution in [0.4, 0.5) is 0 Å². The van der Waals surface area contributed by atoms with Crippen LogP contribution >= 0.6 is 0 Å². The summed E-state index contributed by atoms with van der Waals surface area (Å²) in [6.45, 7) is 3.81. The Morgan fingerprint density at radius 3 is 2.81 bits per heavy atom. The molecule has 0 bridgehead atoms. The molecule has 0 N–H and O–H groups in total. The maximum Gasteiger partial charge on any atom is 0.259 e. The van der Waals surface area contributed by atoms with Gasteiger partial charge in [-0.2, -0.15) is 4.98 Å². The molecule has 0 amide bonds. The van der Waals surface area contributed by atoms with Crippen LogP contribution in [-0.2, 0) is 6.42 Å². The Bertz CT molecular complexity index is 494. The van der Waals surface area contributed by atoms with Crippen molar-refractivity contribution >= 4 is 0 Å². The van der Waals surface area contributed by atoms with Gasteiger partial charge in [-0.1, -0.05) is 12.1 Å². The van der Waals surface area contributed by atoms with Gasteiger partial charge in [0.15, 0.2) is 5.82 Å². The van der Waals surface area contributed by atoms with Gasteiger partial charge in [-0.3, -0.25) is 4.98 Å². The number of rotatable bonds is 3. The molecule has 0 saturated carbocycles. The highest BCUT2D eigenvalue weighted by Crippen LogP contribution is 2.24. The van der Waals surface area contributed by atoms with E-state index in [0.29, 0.717) is 11.7 Å². The van der Waals surface area contributed by atoms with E-state index in [0.717, 1.165) is 23.4 Å². The highest BCUT2D eigenvalue weighted by Gasteiger charge is 2.10. The SMILES string of the molecule is CCc1ncc(-c2nc(C)no2)cc1OC. The molecule has 2 aromatic heterocycles. The highest BCUT2D eigenvalue weighted by molar-refractivity contribution is 5.55. The second-order valence-corrected chi connectivity index (χ2v) is 3.37. The van der Waals surface area contributed by atoms with Crippen molar-refractivity contribution in [2.75, 3.05) is 7.11 Å². The molecule has 0 radical (unpaired) electrons. The molecule has 16 heavy (non-hydrogen) atoms. The molecule has 5 heteroatoms. The van der Waals surface area contributed by atoms with Crippen molar-refractivity contribution < 1.29 is 9.26 Å². The molecule has 0 aliphatic rings. The quantitative estimate of drug-likeness (QED) is 0.790. The van der Waals surface area contributed by atoms with Crippen LogP contribution in [0.5, 0.6) is 5.75 Å². The van der Waals surface area contributed by atoms with Crippen molar-refractivity contribution in [2.24, 2.45) is 0 Å². The molecular formula is C11H13N3O2. The van der Waals surface area contributed by atoms with E-state index in [1.807, 2.05) is 13.0 Å². The summed E-state index contributed by atoms with van der Waals surface area (Å²) in [6, 6.07) is 1.86. The zero-order valence-electron chi connectivity index (χ0n) is 9.52. The van der Waals surface area contributed by atoms with E-state index in [-0.39, 0.29) is 0 Å². The Hall–Kier alpha value is -1.91. The smallest absolute Gasteiger partial charge is 0.259 e. The Morgan fingerprint density at radius 2 is 2.25 bits per heavy atom. The van der Waals surface area contributed by atoms with Crippen LogP contribution in [0.15, 0.2) is 16.8 Å². The predicted octanol–water partition coefficient (Wildman–Crippen LogP) is 2.01. The van der Waals surface area contributed by atoms with E-state index in [1.54, 1.807) is 20.2 Å². The second kappa shape index (κ2) is 4.30. The zero-order valence-corrected chi connectivity index (χ0v) is 9.52. The standard InChI is InChI=1S/C11H13N3O2/c1-4-9-10(15-3)5-8(6-12-9)11-13-7(2)14-16-11/h5-6H,4H2,1-3H3. The fourth-order valence-electron chi connectivity index (χ4n) is 1.45. The van der Waals surface area contributed by atoms with E-state index in [2.05, 4.69) is 15.1 Å². The monoisotopic (exact) mass is 219 g/mol. The van der Waals surface area contributed by atoms with Crippen molar-refractivity contribution in [3.05, 3.63) is 23.8 Å². The number of aromatic nitrogens is 3. The normalized spacial score (nSPS) is 10.4. The first kappa shape index (κ1) is 10.6. The molecule has 0 aromatic carbocycles. The van der Waals surface area contributed by atoms with E-state index >= 15 is 0 Å². The lowest BCUT2D eigenvalue weighted by Gasteiger charge is -2.05. The third-order valence-corrected chi connectivity index (χ3v) is 2.26. The van der Waals surface area contributed by atoms with Crippen molar-refractivity contribution in [3.8, 4) is 17.2 Å². The Kier molecular flexibility index (Phi) is 2.85. The van der Waals surface area contributed by atoms with Gasteiger partial charge in [0, 0.05) is 6.20 Å². The largest absolute Gasteiger partial charge is 0.495 e. The molecule has 0 aliphatic heterocycles. The lowest BCUT2D eigenvalue weighted by atomic mass is 10.2. The Labute approximate surface area is 93.5 Å². The summed E-state index contributed by atoms with van der Waals surface area (Å²) in [5.41, 5.74) is 1.69. The average Bonchev–Trinajstić information content (AvgIpc) is 2.75. The minimum absolute atomic E-state index is 0.464. The van der Waals surface area contributed by atoms with Crippen LogP contribution in [0.3, 0.4) is 0 Å². The molecule has 2 rings (SSSR count). The maximum absolute atomic E-state index is 5.25. The summed E-state index contributed by atoms with van der Waals surface area (Å²) in [4.78, 5) is 8.44. The van der Waals surface area contributed by atoms with Crippen LogP contribution in [-0.4, -0.2) is 22.2 Å². The van der Waals surface area contributed by atoms with Gasteiger partial charge in [-0.05, 0) is 19.4 Å². The van der Waals surface area contributed by atoms with Crippen molar-refractivity contribution in [2.45, 2.75) is 20.3 Å². The minimum Gasteiger partial charge on any atom is -0.495 e. The Morgan fingerprint density at radius 1 is 1.44 bits per heavy atom. The molecule has 0 spiro atoms. The van der Waals surface area contributed by atoms with Gasteiger partial charge in [-0.15, -0.1) is 0 Å². The summed E-state index contributed by atoms with van der Waals surface area (Å²) in [5.74, 6) is 1.82. The first-order valence-corrected chi connectivity index (χ1v) is 5.08. The number of hydrogen-bond acceptors (Lipinski definition) is 5. The van der Waals surface area contributed by atoms with E-state index in [9.17, 15) is 0 Å². The molecule has 0 fully saturated rings. The van der Waals surface area contributed by atoms with Gasteiger partial charge in [0.25, 0.3) is 5.89 Å². The number of methoxy groups -OCH3 is 1. The molecule has 0 unspecified atom stereocenters. The third-order valence-electron chi connectivity index (χ3n) is 2.26. The highest BCUT2D eigenvalue weighted by atomic mass is 16.5. The van der Waals surface area contributed by atoms with Crippen LogP contribution < -0.4 is 4.74 Å². The molecule has 5 nitrogen and oxygen atoms in total. The van der Waals surface area contributed by atoms with Crippen LogP contribution in [0.1, 0.15) is 18.4 Å². The molecule has 84 valence electrons. The van der Waals surface area contributed by atoms with E-state index in [4.69, 9.17) is 9.26 Å². The first-order chi connectivity index (χ1) is 7.74. The van der Waals surface area contributed by atoms with Crippen molar-refractivity contribution in [3.63, 3.8) is 0 Å². The molecule has 0 atom stereocenters. The fraction of sp³-hybridized carbons (Fsp3) is 0.364. The number of pyridine rings is 1. The molecule has 2 heterocycles. The predicted molar refractivity (Wildman–Crippen MR) is 58.2 cm³/mol. The lowest BCUT2D eigenvalue weighted by Crippen LogP contribution is -1.95. The number of ether oxygens (including phenoxy) is 1. The maximum atomic E-state index is 5.25.